The SMILES string of the molecule is CC(C)C1COCC1C(C)I. The van der Waals surface area contributed by atoms with Crippen molar-refractivity contribution in [1.82, 2.24) is 0 Å². The predicted molar refractivity (Wildman–Crippen MR) is 56.1 cm³/mol. The van der Waals surface area contributed by atoms with E-state index in [-0.39, 0.29) is 0 Å². The molecule has 0 aromatic carbocycles. The van der Waals surface area contributed by atoms with Crippen LogP contribution >= 0.6 is 22.6 Å². The number of rotatable bonds is 2. The maximum atomic E-state index is 5.49. The molecule has 0 bridgehead atoms. The fraction of sp³-hybridized carbons (Fsp3) is 1.00. The highest BCUT2D eigenvalue weighted by Crippen LogP contribution is 2.32. The molecular formula is C9H17IO. The standard InChI is InChI=1S/C9H17IO/c1-6(2)8-4-11-5-9(8)7(3)10/h6-9H,4-5H2,1-3H3. The second kappa shape index (κ2) is 4.08. The molecule has 0 radical (unpaired) electrons. The molecule has 1 aliphatic heterocycles. The maximum absolute atomic E-state index is 5.49. The van der Waals surface area contributed by atoms with Crippen molar-refractivity contribution in [2.24, 2.45) is 17.8 Å². The Morgan fingerprint density at radius 2 is 1.73 bits per heavy atom. The van der Waals surface area contributed by atoms with Gasteiger partial charge < -0.3 is 4.74 Å². The van der Waals surface area contributed by atoms with Gasteiger partial charge in [-0.1, -0.05) is 43.4 Å². The number of hydrogen-bond donors (Lipinski definition) is 0. The van der Waals surface area contributed by atoms with Crippen LogP contribution in [0.15, 0.2) is 0 Å². The zero-order valence-corrected chi connectivity index (χ0v) is 9.67. The van der Waals surface area contributed by atoms with Crippen LogP contribution in [0.5, 0.6) is 0 Å². The van der Waals surface area contributed by atoms with Gasteiger partial charge in [0, 0.05) is 3.92 Å². The van der Waals surface area contributed by atoms with E-state index < -0.39 is 0 Å². The minimum Gasteiger partial charge on any atom is -0.381 e. The normalized spacial score (nSPS) is 34.6. The molecule has 11 heavy (non-hydrogen) atoms. The third kappa shape index (κ3) is 2.31. The Morgan fingerprint density at radius 3 is 2.09 bits per heavy atom. The second-order valence-electron chi connectivity index (χ2n) is 3.79. The van der Waals surface area contributed by atoms with Gasteiger partial charge in [0.15, 0.2) is 0 Å². The van der Waals surface area contributed by atoms with Crippen molar-refractivity contribution in [3.63, 3.8) is 0 Å². The molecule has 0 aromatic rings. The van der Waals surface area contributed by atoms with E-state index in [1.165, 1.54) is 0 Å². The number of hydrogen-bond acceptors (Lipinski definition) is 1. The summed E-state index contributed by atoms with van der Waals surface area (Å²) in [6, 6.07) is 0. The summed E-state index contributed by atoms with van der Waals surface area (Å²) in [7, 11) is 0. The third-order valence-corrected chi connectivity index (χ3v) is 3.54. The number of alkyl halides is 1. The van der Waals surface area contributed by atoms with E-state index in [1.54, 1.807) is 0 Å². The van der Waals surface area contributed by atoms with Crippen LogP contribution in [0.2, 0.25) is 0 Å². The summed E-state index contributed by atoms with van der Waals surface area (Å²) in [6.07, 6.45) is 0. The van der Waals surface area contributed by atoms with Gasteiger partial charge in [-0.25, -0.2) is 0 Å². The molecule has 0 aromatic heterocycles. The molecule has 1 nitrogen and oxygen atoms in total. The first kappa shape index (κ1) is 9.78. The molecule has 0 saturated carbocycles. The second-order valence-corrected chi connectivity index (χ2v) is 5.75. The summed E-state index contributed by atoms with van der Waals surface area (Å²) < 4.78 is 6.24. The average molecular weight is 268 g/mol. The minimum absolute atomic E-state index is 0.752. The van der Waals surface area contributed by atoms with Crippen molar-refractivity contribution in [2.45, 2.75) is 24.7 Å². The quantitative estimate of drug-likeness (QED) is 0.552. The zero-order valence-electron chi connectivity index (χ0n) is 7.51. The fourth-order valence-corrected chi connectivity index (χ4v) is 2.49. The Kier molecular flexibility index (Phi) is 3.62. The Bertz CT molecular complexity index is 109. The van der Waals surface area contributed by atoms with E-state index >= 15 is 0 Å². The van der Waals surface area contributed by atoms with Crippen molar-refractivity contribution >= 4 is 22.6 Å². The van der Waals surface area contributed by atoms with Crippen LogP contribution in [0.1, 0.15) is 20.8 Å². The molecule has 1 aliphatic rings. The lowest BCUT2D eigenvalue weighted by Gasteiger charge is -2.22. The van der Waals surface area contributed by atoms with Crippen LogP contribution in [-0.4, -0.2) is 17.1 Å². The molecule has 0 N–H and O–H groups in total. The van der Waals surface area contributed by atoms with E-state index in [0.717, 1.165) is 34.9 Å². The molecule has 3 atom stereocenters. The monoisotopic (exact) mass is 268 g/mol. The molecule has 0 aliphatic carbocycles. The summed E-state index contributed by atoms with van der Waals surface area (Å²) in [6.45, 7) is 8.84. The van der Waals surface area contributed by atoms with Gasteiger partial charge in [0.1, 0.15) is 0 Å². The van der Waals surface area contributed by atoms with Crippen LogP contribution in [0.4, 0.5) is 0 Å². The van der Waals surface area contributed by atoms with Gasteiger partial charge in [-0.3, -0.25) is 0 Å². The summed E-state index contributed by atoms with van der Waals surface area (Å²) >= 11 is 2.51. The lowest BCUT2D eigenvalue weighted by atomic mass is 9.85. The Morgan fingerprint density at radius 1 is 1.18 bits per heavy atom. The molecule has 0 spiro atoms. The predicted octanol–water partition coefficient (Wildman–Crippen LogP) is 2.73. The fourth-order valence-electron chi connectivity index (χ4n) is 1.75. The molecule has 1 saturated heterocycles. The van der Waals surface area contributed by atoms with Gasteiger partial charge in [-0.2, -0.15) is 0 Å². The van der Waals surface area contributed by atoms with Crippen LogP contribution in [0.25, 0.3) is 0 Å². The number of ether oxygens (including phenoxy) is 1. The van der Waals surface area contributed by atoms with Crippen LogP contribution < -0.4 is 0 Å². The Labute approximate surface area is 83.0 Å². The first-order valence-corrected chi connectivity index (χ1v) is 5.59. The van der Waals surface area contributed by atoms with Crippen molar-refractivity contribution in [3.05, 3.63) is 0 Å². The third-order valence-electron chi connectivity index (χ3n) is 2.62. The Balaban J connectivity index is 2.51. The van der Waals surface area contributed by atoms with Crippen molar-refractivity contribution in [2.75, 3.05) is 13.2 Å². The minimum atomic E-state index is 0.752. The highest BCUT2D eigenvalue weighted by Gasteiger charge is 2.32. The van der Waals surface area contributed by atoms with E-state index in [9.17, 15) is 0 Å². The number of halogens is 1. The molecule has 1 rings (SSSR count). The van der Waals surface area contributed by atoms with E-state index in [0.29, 0.717) is 0 Å². The summed E-state index contributed by atoms with van der Waals surface area (Å²) in [4.78, 5) is 0. The van der Waals surface area contributed by atoms with Gasteiger partial charge in [-0.15, -0.1) is 0 Å². The van der Waals surface area contributed by atoms with Gasteiger partial charge in [-0.05, 0) is 17.8 Å². The van der Waals surface area contributed by atoms with Crippen molar-refractivity contribution in [3.8, 4) is 0 Å². The van der Waals surface area contributed by atoms with Gasteiger partial charge in [0.2, 0.25) is 0 Å². The molecule has 1 heterocycles. The first-order valence-electron chi connectivity index (χ1n) is 4.34. The van der Waals surface area contributed by atoms with Gasteiger partial charge in [0.05, 0.1) is 13.2 Å². The summed E-state index contributed by atoms with van der Waals surface area (Å²) in [5.41, 5.74) is 0. The van der Waals surface area contributed by atoms with E-state index in [4.69, 9.17) is 4.74 Å². The molecule has 66 valence electrons. The highest BCUT2D eigenvalue weighted by molar-refractivity contribution is 14.1. The zero-order chi connectivity index (χ0) is 8.43. The molecule has 3 unspecified atom stereocenters. The first-order chi connectivity index (χ1) is 5.13. The highest BCUT2D eigenvalue weighted by atomic mass is 127. The maximum Gasteiger partial charge on any atom is 0.0507 e. The topological polar surface area (TPSA) is 9.23 Å². The van der Waals surface area contributed by atoms with Crippen molar-refractivity contribution in [1.29, 1.82) is 0 Å². The molecule has 1 fully saturated rings. The largest absolute Gasteiger partial charge is 0.381 e. The lowest BCUT2D eigenvalue weighted by molar-refractivity contribution is 0.175. The molecule has 2 heteroatoms. The van der Waals surface area contributed by atoms with Crippen LogP contribution in [-0.2, 0) is 4.74 Å². The average Bonchev–Trinajstić information content (AvgIpc) is 2.32. The van der Waals surface area contributed by atoms with Crippen LogP contribution in [0.3, 0.4) is 0 Å². The van der Waals surface area contributed by atoms with Crippen LogP contribution in [0, 0.1) is 17.8 Å². The summed E-state index contributed by atoms with van der Waals surface area (Å²) in [5, 5.41) is 0. The van der Waals surface area contributed by atoms with E-state index in [1.807, 2.05) is 0 Å². The molecule has 0 amide bonds. The molecular weight excluding hydrogens is 251 g/mol. The van der Waals surface area contributed by atoms with Gasteiger partial charge >= 0.3 is 0 Å². The van der Waals surface area contributed by atoms with Crippen molar-refractivity contribution < 1.29 is 4.74 Å². The van der Waals surface area contributed by atoms with E-state index in [2.05, 4.69) is 43.4 Å². The van der Waals surface area contributed by atoms with Gasteiger partial charge in [0.25, 0.3) is 0 Å². The smallest absolute Gasteiger partial charge is 0.0507 e. The summed E-state index contributed by atoms with van der Waals surface area (Å²) in [5.74, 6) is 2.36. The lowest BCUT2D eigenvalue weighted by Crippen LogP contribution is -2.24. The Hall–Kier alpha value is 0.690.